The number of pyridine rings is 2. The summed E-state index contributed by atoms with van der Waals surface area (Å²) in [6.07, 6.45) is 1.82. The molecule has 0 aliphatic heterocycles. The highest BCUT2D eigenvalue weighted by atomic mass is 35.5. The fraction of sp³-hybridized carbons (Fsp3) is 0.375. The summed E-state index contributed by atoms with van der Waals surface area (Å²) in [4.78, 5) is 11.3. The van der Waals surface area contributed by atoms with E-state index in [1.807, 2.05) is 31.3 Å². The third-order valence-corrected chi connectivity index (χ3v) is 3.61. The minimum atomic E-state index is 0.479. The Morgan fingerprint density at radius 2 is 2.05 bits per heavy atom. The summed E-state index contributed by atoms with van der Waals surface area (Å²) in [5, 5.41) is 0. The van der Waals surface area contributed by atoms with Crippen molar-refractivity contribution in [3.8, 4) is 0 Å². The number of hydrogen-bond acceptors (Lipinski definition) is 3. The van der Waals surface area contributed by atoms with Gasteiger partial charge in [0.1, 0.15) is 5.82 Å². The highest BCUT2D eigenvalue weighted by Crippen LogP contribution is 2.25. The zero-order valence-corrected chi connectivity index (χ0v) is 13.0. The molecule has 20 heavy (non-hydrogen) atoms. The van der Waals surface area contributed by atoms with Crippen molar-refractivity contribution in [3.05, 3.63) is 53.0 Å². The van der Waals surface area contributed by atoms with Gasteiger partial charge in [-0.25, -0.2) is 4.98 Å². The zero-order chi connectivity index (χ0) is 14.5. The summed E-state index contributed by atoms with van der Waals surface area (Å²) in [6, 6.07) is 8.05. The van der Waals surface area contributed by atoms with Gasteiger partial charge in [-0.3, -0.25) is 4.98 Å². The van der Waals surface area contributed by atoms with Crippen LogP contribution in [0, 0.1) is 13.8 Å². The van der Waals surface area contributed by atoms with Crippen LogP contribution in [0.25, 0.3) is 0 Å². The highest BCUT2D eigenvalue weighted by Gasteiger charge is 2.14. The number of hydrogen-bond donors (Lipinski definition) is 0. The molecule has 0 aliphatic rings. The van der Waals surface area contributed by atoms with Gasteiger partial charge in [0.25, 0.3) is 0 Å². The molecule has 3 nitrogen and oxygen atoms in total. The largest absolute Gasteiger partial charge is 0.351 e. The molecule has 2 rings (SSSR count). The van der Waals surface area contributed by atoms with E-state index in [1.165, 1.54) is 5.56 Å². The van der Waals surface area contributed by atoms with Crippen LogP contribution in [0.3, 0.4) is 0 Å². The van der Waals surface area contributed by atoms with Crippen molar-refractivity contribution in [3.63, 3.8) is 0 Å². The first-order valence-corrected chi connectivity index (χ1v) is 7.37. The normalized spacial score (nSPS) is 10.6. The molecule has 0 radical (unpaired) electrons. The van der Waals surface area contributed by atoms with E-state index in [9.17, 15) is 0 Å². The lowest BCUT2D eigenvalue weighted by atomic mass is 10.1. The van der Waals surface area contributed by atoms with E-state index in [0.717, 1.165) is 35.9 Å². The van der Waals surface area contributed by atoms with Crippen LogP contribution in [-0.2, 0) is 12.4 Å². The standard InChI is InChI=1S/C16H20ClN3/c1-4-20(11-14-7-5-6-8-18-14)16-15(10-17)12(2)9-13(3)19-16/h5-9H,4,10-11H2,1-3H3. The fourth-order valence-corrected chi connectivity index (χ4v) is 2.62. The maximum atomic E-state index is 6.11. The number of nitrogens with zero attached hydrogens (tertiary/aromatic N) is 3. The van der Waals surface area contributed by atoms with Gasteiger partial charge in [-0.15, -0.1) is 11.6 Å². The third-order valence-electron chi connectivity index (χ3n) is 3.35. The van der Waals surface area contributed by atoms with E-state index < -0.39 is 0 Å². The van der Waals surface area contributed by atoms with E-state index in [4.69, 9.17) is 11.6 Å². The first-order valence-electron chi connectivity index (χ1n) is 6.83. The van der Waals surface area contributed by atoms with Gasteiger partial charge in [0.05, 0.1) is 18.1 Å². The molecule has 0 fully saturated rings. The minimum Gasteiger partial charge on any atom is -0.351 e. The number of rotatable bonds is 5. The molecule has 0 amide bonds. The summed E-state index contributed by atoms with van der Waals surface area (Å²) in [5.41, 5.74) is 4.36. The quantitative estimate of drug-likeness (QED) is 0.783. The van der Waals surface area contributed by atoms with Gasteiger partial charge in [-0.2, -0.15) is 0 Å². The van der Waals surface area contributed by atoms with Gasteiger partial charge in [0.15, 0.2) is 0 Å². The Hall–Kier alpha value is -1.61. The molecule has 106 valence electrons. The summed E-state index contributed by atoms with van der Waals surface area (Å²) in [6.45, 7) is 7.85. The maximum absolute atomic E-state index is 6.11. The summed E-state index contributed by atoms with van der Waals surface area (Å²) in [5.74, 6) is 1.46. The molecule has 4 heteroatoms. The second-order valence-electron chi connectivity index (χ2n) is 4.85. The van der Waals surface area contributed by atoms with Crippen LogP contribution in [0.4, 0.5) is 5.82 Å². The van der Waals surface area contributed by atoms with Gasteiger partial charge >= 0.3 is 0 Å². The topological polar surface area (TPSA) is 29.0 Å². The van der Waals surface area contributed by atoms with Crippen molar-refractivity contribution in [2.45, 2.75) is 33.2 Å². The molecular weight excluding hydrogens is 270 g/mol. The average molecular weight is 290 g/mol. The van der Waals surface area contributed by atoms with Crippen LogP contribution >= 0.6 is 11.6 Å². The Kier molecular flexibility index (Phi) is 4.96. The summed E-state index contributed by atoms with van der Waals surface area (Å²) < 4.78 is 0. The highest BCUT2D eigenvalue weighted by molar-refractivity contribution is 6.17. The predicted molar refractivity (Wildman–Crippen MR) is 84.2 cm³/mol. The van der Waals surface area contributed by atoms with Gasteiger partial charge in [0, 0.05) is 24.0 Å². The van der Waals surface area contributed by atoms with Crippen LogP contribution in [0.15, 0.2) is 30.5 Å². The minimum absolute atomic E-state index is 0.479. The molecule has 0 aromatic carbocycles. The number of aromatic nitrogens is 2. The van der Waals surface area contributed by atoms with Crippen LogP contribution in [-0.4, -0.2) is 16.5 Å². The molecule has 0 spiro atoms. The van der Waals surface area contributed by atoms with Crippen LogP contribution in [0.1, 0.15) is 29.4 Å². The van der Waals surface area contributed by atoms with Gasteiger partial charge in [0.2, 0.25) is 0 Å². The van der Waals surface area contributed by atoms with Crippen molar-refractivity contribution in [2.75, 3.05) is 11.4 Å². The van der Waals surface area contributed by atoms with E-state index in [-0.39, 0.29) is 0 Å². The SMILES string of the molecule is CCN(Cc1ccccn1)c1nc(C)cc(C)c1CCl. The molecule has 2 aromatic rings. The zero-order valence-electron chi connectivity index (χ0n) is 12.2. The Balaban J connectivity index is 2.36. The molecule has 0 aliphatic carbocycles. The number of alkyl halides is 1. The van der Waals surface area contributed by atoms with Gasteiger partial charge in [-0.1, -0.05) is 6.07 Å². The van der Waals surface area contributed by atoms with Crippen LogP contribution in [0.5, 0.6) is 0 Å². The van der Waals surface area contributed by atoms with Gasteiger partial charge < -0.3 is 4.90 Å². The predicted octanol–water partition coefficient (Wildman–Crippen LogP) is 3.86. The second-order valence-corrected chi connectivity index (χ2v) is 5.12. The van der Waals surface area contributed by atoms with Crippen molar-refractivity contribution in [1.82, 2.24) is 9.97 Å². The Morgan fingerprint density at radius 1 is 1.25 bits per heavy atom. The first kappa shape index (κ1) is 14.8. The Labute approximate surface area is 125 Å². The lowest BCUT2D eigenvalue weighted by Crippen LogP contribution is -2.25. The van der Waals surface area contributed by atoms with Crippen molar-refractivity contribution in [1.29, 1.82) is 0 Å². The average Bonchev–Trinajstić information content (AvgIpc) is 2.45. The number of anilines is 1. The fourth-order valence-electron chi connectivity index (χ4n) is 2.29. The molecule has 0 saturated carbocycles. The van der Waals surface area contributed by atoms with E-state index >= 15 is 0 Å². The maximum Gasteiger partial charge on any atom is 0.133 e. The van der Waals surface area contributed by atoms with Crippen LogP contribution < -0.4 is 4.90 Å². The molecule has 2 heterocycles. The summed E-state index contributed by atoms with van der Waals surface area (Å²) >= 11 is 6.11. The second kappa shape index (κ2) is 6.71. The molecule has 2 aromatic heterocycles. The van der Waals surface area contributed by atoms with Crippen LogP contribution in [0.2, 0.25) is 0 Å². The Morgan fingerprint density at radius 3 is 2.65 bits per heavy atom. The number of aryl methyl sites for hydroxylation is 2. The molecule has 0 unspecified atom stereocenters. The molecule has 0 saturated heterocycles. The molecule has 0 N–H and O–H groups in total. The number of halogens is 1. The van der Waals surface area contributed by atoms with E-state index in [1.54, 1.807) is 0 Å². The van der Waals surface area contributed by atoms with Crippen molar-refractivity contribution >= 4 is 17.4 Å². The Bertz CT molecular complexity index is 569. The lowest BCUT2D eigenvalue weighted by molar-refractivity contribution is 0.784. The monoisotopic (exact) mass is 289 g/mol. The van der Waals surface area contributed by atoms with Crippen molar-refractivity contribution in [2.24, 2.45) is 0 Å². The molecular formula is C16H20ClN3. The van der Waals surface area contributed by atoms with E-state index in [2.05, 4.69) is 34.8 Å². The van der Waals surface area contributed by atoms with Gasteiger partial charge in [-0.05, 0) is 44.5 Å². The lowest BCUT2D eigenvalue weighted by Gasteiger charge is -2.25. The molecule has 0 bridgehead atoms. The smallest absolute Gasteiger partial charge is 0.133 e. The molecule has 0 atom stereocenters. The first-order chi connectivity index (χ1) is 9.65. The van der Waals surface area contributed by atoms with E-state index in [0.29, 0.717) is 5.88 Å². The van der Waals surface area contributed by atoms with Crippen molar-refractivity contribution < 1.29 is 0 Å². The summed E-state index contributed by atoms with van der Waals surface area (Å²) in [7, 11) is 0. The third kappa shape index (κ3) is 3.28.